The van der Waals surface area contributed by atoms with Crippen LogP contribution in [-0.2, 0) is 0 Å². The molecule has 0 unspecified atom stereocenters. The lowest BCUT2D eigenvalue weighted by Crippen LogP contribution is -2.44. The smallest absolute Gasteiger partial charge is 0.335 e. The molecule has 2 N–H and O–H groups in total. The Bertz CT molecular complexity index is 427. The van der Waals surface area contributed by atoms with Crippen LogP contribution >= 0.6 is 0 Å². The molecule has 0 aliphatic rings. The normalized spacial score (nSPS) is 11.4. The zero-order chi connectivity index (χ0) is 13.2. The molecule has 1 aromatic carbocycles. The van der Waals surface area contributed by atoms with Gasteiger partial charge in [-0.1, -0.05) is 0 Å². The van der Waals surface area contributed by atoms with Crippen LogP contribution in [0.5, 0.6) is 0 Å². The number of hydrogen-bond acceptors (Lipinski definition) is 3. The fraction of sp³-hybridized carbons (Fsp3) is 0.462. The molecule has 4 heteroatoms. The zero-order valence-electron chi connectivity index (χ0n) is 10.7. The molecule has 17 heavy (non-hydrogen) atoms. The number of rotatable bonds is 4. The van der Waals surface area contributed by atoms with Crippen molar-refractivity contribution in [3.63, 3.8) is 0 Å². The Kier molecular flexibility index (Phi) is 3.78. The van der Waals surface area contributed by atoms with E-state index in [9.17, 15) is 9.90 Å². The van der Waals surface area contributed by atoms with E-state index in [4.69, 9.17) is 5.11 Å². The summed E-state index contributed by atoms with van der Waals surface area (Å²) in [5.41, 5.74) is 1.71. The largest absolute Gasteiger partial charge is 0.478 e. The van der Waals surface area contributed by atoms with Gasteiger partial charge < -0.3 is 15.1 Å². The number of carboxylic acid groups (broad SMARTS) is 1. The fourth-order valence-electron chi connectivity index (χ4n) is 1.60. The van der Waals surface area contributed by atoms with Gasteiger partial charge >= 0.3 is 5.97 Å². The summed E-state index contributed by atoms with van der Waals surface area (Å²) < 4.78 is 0. The molecule has 0 radical (unpaired) electrons. The van der Waals surface area contributed by atoms with Gasteiger partial charge in [-0.15, -0.1) is 0 Å². The minimum atomic E-state index is -0.927. The van der Waals surface area contributed by atoms with Crippen molar-refractivity contribution < 1.29 is 15.0 Å². The van der Waals surface area contributed by atoms with Gasteiger partial charge in [-0.3, -0.25) is 0 Å². The van der Waals surface area contributed by atoms with Gasteiger partial charge in [-0.05, 0) is 44.5 Å². The molecule has 0 saturated heterocycles. The van der Waals surface area contributed by atoms with Gasteiger partial charge in [0.1, 0.15) is 0 Å². The first kappa shape index (κ1) is 13.5. The van der Waals surface area contributed by atoms with E-state index >= 15 is 0 Å². The van der Waals surface area contributed by atoms with Gasteiger partial charge in [0.25, 0.3) is 0 Å². The van der Waals surface area contributed by atoms with E-state index in [1.807, 2.05) is 32.7 Å². The monoisotopic (exact) mass is 237 g/mol. The predicted molar refractivity (Wildman–Crippen MR) is 67.7 cm³/mol. The lowest BCUT2D eigenvalue weighted by molar-refractivity contribution is 0.0697. The van der Waals surface area contributed by atoms with E-state index in [2.05, 4.69) is 0 Å². The van der Waals surface area contributed by atoms with E-state index in [1.165, 1.54) is 0 Å². The Labute approximate surface area is 101 Å². The summed E-state index contributed by atoms with van der Waals surface area (Å²) in [6.07, 6.45) is 0. The summed E-state index contributed by atoms with van der Waals surface area (Å²) >= 11 is 0. The molecule has 0 saturated carbocycles. The molecule has 0 atom stereocenters. The second kappa shape index (κ2) is 4.75. The molecule has 4 nitrogen and oxygen atoms in total. The maximum absolute atomic E-state index is 10.8. The highest BCUT2D eigenvalue weighted by Crippen LogP contribution is 2.26. The Balaban J connectivity index is 3.12. The number of carbonyl (C=O) groups is 1. The summed E-state index contributed by atoms with van der Waals surface area (Å²) in [6, 6.07) is 4.99. The lowest BCUT2D eigenvalue weighted by Gasteiger charge is -2.36. The number of aliphatic hydroxyl groups is 1. The molecule has 1 rings (SSSR count). The van der Waals surface area contributed by atoms with Crippen molar-refractivity contribution in [2.45, 2.75) is 26.3 Å². The third kappa shape index (κ3) is 2.77. The van der Waals surface area contributed by atoms with Crippen LogP contribution in [0.25, 0.3) is 0 Å². The maximum Gasteiger partial charge on any atom is 0.335 e. The van der Waals surface area contributed by atoms with Crippen LogP contribution in [0.2, 0.25) is 0 Å². The van der Waals surface area contributed by atoms with Crippen molar-refractivity contribution in [2.24, 2.45) is 0 Å². The van der Waals surface area contributed by atoms with Crippen LogP contribution in [0.15, 0.2) is 18.2 Å². The predicted octanol–water partition coefficient (Wildman–Crippen LogP) is 1.90. The standard InChI is InChI=1S/C13H19NO3/c1-9-7-10(12(16)17)5-6-11(9)14(4)13(2,3)8-15/h5-7,15H,8H2,1-4H3,(H,16,17). The van der Waals surface area contributed by atoms with Crippen molar-refractivity contribution in [3.8, 4) is 0 Å². The summed E-state index contributed by atoms with van der Waals surface area (Å²) in [6.45, 7) is 5.75. The molecular formula is C13H19NO3. The Morgan fingerprint density at radius 1 is 1.41 bits per heavy atom. The third-order valence-corrected chi connectivity index (χ3v) is 3.10. The number of aryl methyl sites for hydroxylation is 1. The number of hydrogen-bond donors (Lipinski definition) is 2. The van der Waals surface area contributed by atoms with E-state index in [-0.39, 0.29) is 17.7 Å². The van der Waals surface area contributed by atoms with Gasteiger partial charge in [-0.2, -0.15) is 0 Å². The van der Waals surface area contributed by atoms with Crippen LogP contribution in [0.1, 0.15) is 29.8 Å². The maximum atomic E-state index is 10.8. The zero-order valence-corrected chi connectivity index (χ0v) is 10.7. The Hall–Kier alpha value is -1.55. The van der Waals surface area contributed by atoms with Gasteiger partial charge in [0.05, 0.1) is 17.7 Å². The van der Waals surface area contributed by atoms with E-state index < -0.39 is 5.97 Å². The minimum Gasteiger partial charge on any atom is -0.478 e. The molecule has 0 spiro atoms. The summed E-state index contributed by atoms with van der Waals surface area (Å²) in [5, 5.41) is 18.2. The molecule has 0 aliphatic carbocycles. The molecule has 1 aromatic rings. The highest BCUT2D eigenvalue weighted by atomic mass is 16.4. The molecule has 0 amide bonds. The second-order valence-corrected chi connectivity index (χ2v) is 4.84. The number of carboxylic acids is 1. The third-order valence-electron chi connectivity index (χ3n) is 3.10. The first-order valence-corrected chi connectivity index (χ1v) is 5.48. The van der Waals surface area contributed by atoms with Crippen LogP contribution in [0, 0.1) is 6.92 Å². The molecule has 94 valence electrons. The van der Waals surface area contributed by atoms with Crippen LogP contribution in [-0.4, -0.2) is 35.4 Å². The van der Waals surface area contributed by atoms with Crippen LogP contribution in [0.4, 0.5) is 5.69 Å². The number of nitrogens with zero attached hydrogens (tertiary/aromatic N) is 1. The quantitative estimate of drug-likeness (QED) is 0.839. The van der Waals surface area contributed by atoms with Crippen molar-refractivity contribution in [1.82, 2.24) is 0 Å². The van der Waals surface area contributed by atoms with Gasteiger partial charge in [0.2, 0.25) is 0 Å². The number of anilines is 1. The summed E-state index contributed by atoms with van der Waals surface area (Å²) in [5.74, 6) is -0.927. The fourth-order valence-corrected chi connectivity index (χ4v) is 1.60. The van der Waals surface area contributed by atoms with Crippen molar-refractivity contribution in [3.05, 3.63) is 29.3 Å². The highest BCUT2D eigenvalue weighted by Gasteiger charge is 2.24. The van der Waals surface area contributed by atoms with Crippen LogP contribution < -0.4 is 4.90 Å². The molecule has 0 aliphatic heterocycles. The number of likely N-dealkylation sites (N-methyl/N-ethyl adjacent to an activating group) is 1. The van der Waals surface area contributed by atoms with Gasteiger partial charge in [0, 0.05) is 12.7 Å². The summed E-state index contributed by atoms with van der Waals surface area (Å²) in [7, 11) is 1.89. The summed E-state index contributed by atoms with van der Waals surface area (Å²) in [4.78, 5) is 12.8. The average molecular weight is 237 g/mol. The van der Waals surface area contributed by atoms with Crippen molar-refractivity contribution >= 4 is 11.7 Å². The van der Waals surface area contributed by atoms with Crippen molar-refractivity contribution in [2.75, 3.05) is 18.6 Å². The molecule has 0 aromatic heterocycles. The SMILES string of the molecule is Cc1cc(C(=O)O)ccc1N(C)C(C)(C)CO. The number of benzene rings is 1. The highest BCUT2D eigenvalue weighted by molar-refractivity contribution is 5.88. The average Bonchev–Trinajstić information content (AvgIpc) is 2.27. The Morgan fingerprint density at radius 2 is 2.00 bits per heavy atom. The van der Waals surface area contributed by atoms with Crippen LogP contribution in [0.3, 0.4) is 0 Å². The van der Waals surface area contributed by atoms with Gasteiger partial charge in [0.15, 0.2) is 0 Å². The van der Waals surface area contributed by atoms with Crippen molar-refractivity contribution in [1.29, 1.82) is 0 Å². The van der Waals surface area contributed by atoms with E-state index in [1.54, 1.807) is 18.2 Å². The minimum absolute atomic E-state index is 0.0314. The molecule has 0 bridgehead atoms. The van der Waals surface area contributed by atoms with Gasteiger partial charge in [-0.25, -0.2) is 4.79 Å². The Morgan fingerprint density at radius 3 is 2.41 bits per heavy atom. The second-order valence-electron chi connectivity index (χ2n) is 4.84. The molecule has 0 heterocycles. The number of aromatic carboxylic acids is 1. The molecule has 0 fully saturated rings. The number of aliphatic hydroxyl groups excluding tert-OH is 1. The topological polar surface area (TPSA) is 60.8 Å². The van der Waals surface area contributed by atoms with E-state index in [0.29, 0.717) is 0 Å². The first-order chi connectivity index (χ1) is 7.79. The van der Waals surface area contributed by atoms with E-state index in [0.717, 1.165) is 11.3 Å². The molecular weight excluding hydrogens is 218 g/mol. The lowest BCUT2D eigenvalue weighted by atomic mass is 10.0. The first-order valence-electron chi connectivity index (χ1n) is 5.48.